The van der Waals surface area contributed by atoms with Gasteiger partial charge in [-0.15, -0.1) is 0 Å². The SMILES string of the molecule is N#Cc1cccc(Cn2ccnc2-c2ccc(-c3ccccn3)cc2)c1. The first-order chi connectivity index (χ1) is 12.8. The van der Waals surface area contributed by atoms with E-state index in [9.17, 15) is 0 Å². The third-order valence-corrected chi connectivity index (χ3v) is 4.23. The molecule has 0 bridgehead atoms. The number of aromatic nitrogens is 3. The zero-order valence-corrected chi connectivity index (χ0v) is 14.1. The molecule has 0 amide bonds. The molecule has 4 nitrogen and oxygen atoms in total. The summed E-state index contributed by atoms with van der Waals surface area (Å²) in [7, 11) is 0. The van der Waals surface area contributed by atoms with Gasteiger partial charge in [0.05, 0.1) is 17.3 Å². The van der Waals surface area contributed by atoms with Crippen molar-refractivity contribution in [3.63, 3.8) is 0 Å². The van der Waals surface area contributed by atoms with E-state index in [0.717, 1.165) is 28.2 Å². The lowest BCUT2D eigenvalue weighted by atomic mass is 10.1. The molecule has 0 radical (unpaired) electrons. The molecule has 0 aliphatic rings. The van der Waals surface area contributed by atoms with Crippen LogP contribution in [-0.2, 0) is 6.54 Å². The van der Waals surface area contributed by atoms with E-state index in [1.807, 2.05) is 48.7 Å². The zero-order chi connectivity index (χ0) is 17.8. The molecule has 2 aromatic heterocycles. The van der Waals surface area contributed by atoms with Crippen LogP contribution in [0.2, 0.25) is 0 Å². The summed E-state index contributed by atoms with van der Waals surface area (Å²) in [6.07, 6.45) is 5.56. The molecular weight excluding hydrogens is 320 g/mol. The first-order valence-corrected chi connectivity index (χ1v) is 8.35. The molecule has 2 aromatic carbocycles. The second-order valence-electron chi connectivity index (χ2n) is 5.98. The quantitative estimate of drug-likeness (QED) is 0.550. The maximum atomic E-state index is 9.07. The third-order valence-electron chi connectivity index (χ3n) is 4.23. The maximum Gasteiger partial charge on any atom is 0.140 e. The van der Waals surface area contributed by atoms with Crippen molar-refractivity contribution in [2.45, 2.75) is 6.54 Å². The summed E-state index contributed by atoms with van der Waals surface area (Å²) in [6.45, 7) is 0.673. The molecule has 0 fully saturated rings. The summed E-state index contributed by atoms with van der Waals surface area (Å²) in [5.74, 6) is 0.903. The van der Waals surface area contributed by atoms with Crippen LogP contribution in [0, 0.1) is 11.3 Å². The van der Waals surface area contributed by atoms with E-state index in [1.165, 1.54) is 0 Å². The number of benzene rings is 2. The van der Waals surface area contributed by atoms with Crippen LogP contribution in [0.15, 0.2) is 85.3 Å². The average molecular weight is 336 g/mol. The normalized spacial score (nSPS) is 10.4. The molecule has 0 unspecified atom stereocenters. The fourth-order valence-electron chi connectivity index (χ4n) is 2.96. The third kappa shape index (κ3) is 3.24. The summed E-state index contributed by atoms with van der Waals surface area (Å²) in [5.41, 5.74) is 4.83. The van der Waals surface area contributed by atoms with Crippen molar-refractivity contribution in [1.82, 2.24) is 14.5 Å². The minimum atomic E-state index is 0.670. The van der Waals surface area contributed by atoms with E-state index in [-0.39, 0.29) is 0 Å². The molecule has 0 aliphatic carbocycles. The van der Waals surface area contributed by atoms with Gasteiger partial charge in [-0.2, -0.15) is 5.26 Å². The standard InChI is InChI=1S/C22H16N4/c23-15-17-4-3-5-18(14-17)16-26-13-12-25-22(26)20-9-7-19(8-10-20)21-6-1-2-11-24-21/h1-14H,16H2. The minimum Gasteiger partial charge on any atom is -0.327 e. The lowest BCUT2D eigenvalue weighted by molar-refractivity contribution is 0.807. The smallest absolute Gasteiger partial charge is 0.140 e. The Morgan fingerprint density at radius 1 is 0.846 bits per heavy atom. The van der Waals surface area contributed by atoms with Crippen LogP contribution >= 0.6 is 0 Å². The lowest BCUT2D eigenvalue weighted by Gasteiger charge is -2.09. The van der Waals surface area contributed by atoms with Crippen LogP contribution in [0.5, 0.6) is 0 Å². The molecular formula is C22H16N4. The van der Waals surface area contributed by atoms with Crippen LogP contribution < -0.4 is 0 Å². The highest BCUT2D eigenvalue weighted by molar-refractivity contribution is 5.65. The Balaban J connectivity index is 1.61. The average Bonchev–Trinajstić information content (AvgIpc) is 3.17. The molecule has 0 atom stereocenters. The number of pyridine rings is 1. The van der Waals surface area contributed by atoms with Gasteiger partial charge in [0.1, 0.15) is 5.82 Å². The Labute approximate surface area is 152 Å². The molecule has 4 aromatic rings. The van der Waals surface area contributed by atoms with Crippen molar-refractivity contribution in [1.29, 1.82) is 5.26 Å². The van der Waals surface area contributed by atoms with Gasteiger partial charge in [0.15, 0.2) is 0 Å². The second-order valence-corrected chi connectivity index (χ2v) is 5.98. The number of rotatable bonds is 4. The van der Waals surface area contributed by atoms with Gasteiger partial charge in [-0.1, -0.05) is 42.5 Å². The van der Waals surface area contributed by atoms with Crippen molar-refractivity contribution in [3.05, 3.63) is 96.4 Å². The van der Waals surface area contributed by atoms with Gasteiger partial charge in [-0.3, -0.25) is 4.98 Å². The molecule has 4 rings (SSSR count). The minimum absolute atomic E-state index is 0.670. The van der Waals surface area contributed by atoms with E-state index in [2.05, 4.69) is 44.9 Å². The molecule has 2 heterocycles. The van der Waals surface area contributed by atoms with E-state index >= 15 is 0 Å². The van der Waals surface area contributed by atoms with E-state index in [4.69, 9.17) is 5.26 Å². The summed E-state index contributed by atoms with van der Waals surface area (Å²) < 4.78 is 2.09. The summed E-state index contributed by atoms with van der Waals surface area (Å²) in [5, 5.41) is 9.07. The van der Waals surface area contributed by atoms with Crippen molar-refractivity contribution in [2.24, 2.45) is 0 Å². The summed E-state index contributed by atoms with van der Waals surface area (Å²) in [4.78, 5) is 8.89. The Bertz CT molecular complexity index is 1060. The molecule has 0 aliphatic heterocycles. The first kappa shape index (κ1) is 15.8. The van der Waals surface area contributed by atoms with Crippen molar-refractivity contribution >= 4 is 0 Å². The Hall–Kier alpha value is -3.71. The van der Waals surface area contributed by atoms with Crippen LogP contribution in [0.1, 0.15) is 11.1 Å². The van der Waals surface area contributed by atoms with Gasteiger partial charge >= 0.3 is 0 Å². The van der Waals surface area contributed by atoms with Gasteiger partial charge in [0.25, 0.3) is 0 Å². The van der Waals surface area contributed by atoms with Crippen molar-refractivity contribution < 1.29 is 0 Å². The number of nitrogens with zero attached hydrogens (tertiary/aromatic N) is 4. The van der Waals surface area contributed by atoms with Crippen LogP contribution in [0.4, 0.5) is 0 Å². The van der Waals surface area contributed by atoms with Crippen LogP contribution in [-0.4, -0.2) is 14.5 Å². The molecule has 0 saturated heterocycles. The van der Waals surface area contributed by atoms with Crippen molar-refractivity contribution in [3.8, 4) is 28.7 Å². The lowest BCUT2D eigenvalue weighted by Crippen LogP contribution is -2.01. The van der Waals surface area contributed by atoms with Gasteiger partial charge in [-0.25, -0.2) is 4.98 Å². The summed E-state index contributed by atoms with van der Waals surface area (Å²) >= 11 is 0. The molecule has 0 N–H and O–H groups in total. The Kier molecular flexibility index (Phi) is 4.28. The molecule has 0 spiro atoms. The molecule has 4 heteroatoms. The topological polar surface area (TPSA) is 54.5 Å². The van der Waals surface area contributed by atoms with Gasteiger partial charge in [-0.05, 0) is 29.8 Å². The van der Waals surface area contributed by atoms with Crippen LogP contribution in [0.25, 0.3) is 22.6 Å². The highest BCUT2D eigenvalue weighted by atomic mass is 15.1. The number of hydrogen-bond acceptors (Lipinski definition) is 3. The highest BCUT2D eigenvalue weighted by Gasteiger charge is 2.08. The fraction of sp³-hybridized carbons (Fsp3) is 0.0455. The van der Waals surface area contributed by atoms with Crippen LogP contribution in [0.3, 0.4) is 0 Å². The summed E-state index contributed by atoms with van der Waals surface area (Å²) in [6, 6.07) is 24.0. The zero-order valence-electron chi connectivity index (χ0n) is 14.1. The van der Waals surface area contributed by atoms with E-state index in [0.29, 0.717) is 12.1 Å². The highest BCUT2D eigenvalue weighted by Crippen LogP contribution is 2.23. The predicted octanol–water partition coefficient (Wildman–Crippen LogP) is 4.53. The number of imidazole rings is 1. The van der Waals surface area contributed by atoms with E-state index < -0.39 is 0 Å². The fourth-order valence-corrected chi connectivity index (χ4v) is 2.96. The Morgan fingerprint density at radius 3 is 2.46 bits per heavy atom. The number of hydrogen-bond donors (Lipinski definition) is 0. The number of nitriles is 1. The van der Waals surface area contributed by atoms with Gasteiger partial charge in [0.2, 0.25) is 0 Å². The molecule has 0 saturated carbocycles. The first-order valence-electron chi connectivity index (χ1n) is 8.35. The monoisotopic (exact) mass is 336 g/mol. The second kappa shape index (κ2) is 7.04. The van der Waals surface area contributed by atoms with Gasteiger partial charge in [0, 0.05) is 36.3 Å². The Morgan fingerprint density at radius 2 is 1.69 bits per heavy atom. The van der Waals surface area contributed by atoms with Crippen molar-refractivity contribution in [2.75, 3.05) is 0 Å². The predicted molar refractivity (Wildman–Crippen MR) is 101 cm³/mol. The van der Waals surface area contributed by atoms with Gasteiger partial charge < -0.3 is 4.57 Å². The molecule has 124 valence electrons. The van der Waals surface area contributed by atoms with E-state index in [1.54, 1.807) is 12.4 Å². The molecule has 26 heavy (non-hydrogen) atoms. The maximum absolute atomic E-state index is 9.07. The largest absolute Gasteiger partial charge is 0.327 e.